The Morgan fingerprint density at radius 3 is 2.72 bits per heavy atom. The van der Waals surface area contributed by atoms with Crippen LogP contribution in [0.5, 0.6) is 0 Å². The van der Waals surface area contributed by atoms with E-state index >= 15 is 0 Å². The Kier molecular flexibility index (Phi) is 10.4. The molecule has 0 spiro atoms. The maximum atomic E-state index is 11.8. The lowest BCUT2D eigenvalue weighted by Crippen LogP contribution is -2.49. The van der Waals surface area contributed by atoms with E-state index in [0.717, 1.165) is 24.8 Å². The molecule has 1 amide bonds. The number of nitrogens with one attached hydrogen (secondary N) is 2. The van der Waals surface area contributed by atoms with Crippen LogP contribution in [0.25, 0.3) is 0 Å². The number of amides is 1. The van der Waals surface area contributed by atoms with Crippen LogP contribution < -0.4 is 10.6 Å². The standard InChI is InChI=1S/C21H32N4O2S.HI/c1-3-27-21(26)24-19(17-9-10-17)13-23-20(22-2)25-12-11-16(14-25)15-28-18-7-5-4-6-8-18;/h4-8,16-17,19H,3,9-15H2,1-2H3,(H,22,23)(H,24,26);1H. The fourth-order valence-corrected chi connectivity index (χ4v) is 4.63. The Balaban J connectivity index is 0.00000300. The summed E-state index contributed by atoms with van der Waals surface area (Å²) in [6.07, 6.45) is 3.20. The summed E-state index contributed by atoms with van der Waals surface area (Å²) in [7, 11) is 1.83. The van der Waals surface area contributed by atoms with Crippen molar-refractivity contribution in [3.05, 3.63) is 30.3 Å². The first-order valence-corrected chi connectivity index (χ1v) is 11.2. The topological polar surface area (TPSA) is 66.0 Å². The van der Waals surface area contributed by atoms with Gasteiger partial charge in [0.1, 0.15) is 0 Å². The number of benzene rings is 1. The summed E-state index contributed by atoms with van der Waals surface area (Å²) < 4.78 is 5.04. The normalized spacial score (nSPS) is 20.0. The van der Waals surface area contributed by atoms with Crippen molar-refractivity contribution in [1.29, 1.82) is 0 Å². The van der Waals surface area contributed by atoms with Gasteiger partial charge in [-0.1, -0.05) is 18.2 Å². The van der Waals surface area contributed by atoms with Gasteiger partial charge in [0.2, 0.25) is 0 Å². The van der Waals surface area contributed by atoms with Crippen LogP contribution in [-0.4, -0.2) is 62.0 Å². The molecule has 6 nitrogen and oxygen atoms in total. The van der Waals surface area contributed by atoms with Gasteiger partial charge in [-0.25, -0.2) is 4.79 Å². The molecule has 0 bridgehead atoms. The Morgan fingerprint density at radius 2 is 2.07 bits per heavy atom. The van der Waals surface area contributed by atoms with E-state index in [1.54, 1.807) is 0 Å². The highest BCUT2D eigenvalue weighted by Gasteiger charge is 2.33. The van der Waals surface area contributed by atoms with Gasteiger partial charge in [0.25, 0.3) is 0 Å². The van der Waals surface area contributed by atoms with Crippen LogP contribution in [0, 0.1) is 11.8 Å². The third kappa shape index (κ3) is 7.88. The lowest BCUT2D eigenvalue weighted by Gasteiger charge is -2.25. The molecule has 2 aliphatic rings. The number of guanidine groups is 1. The van der Waals surface area contributed by atoms with Gasteiger partial charge in [-0.15, -0.1) is 35.7 Å². The zero-order chi connectivity index (χ0) is 19.8. The van der Waals surface area contributed by atoms with Gasteiger partial charge in [-0.3, -0.25) is 4.99 Å². The van der Waals surface area contributed by atoms with Crippen molar-refractivity contribution < 1.29 is 9.53 Å². The fraction of sp³-hybridized carbons (Fsp3) is 0.619. The van der Waals surface area contributed by atoms with E-state index < -0.39 is 0 Å². The third-order valence-electron chi connectivity index (χ3n) is 5.28. The molecule has 0 aromatic heterocycles. The molecule has 1 aliphatic heterocycles. The van der Waals surface area contributed by atoms with Crippen LogP contribution in [-0.2, 0) is 4.74 Å². The van der Waals surface area contributed by atoms with Crippen molar-refractivity contribution in [3.8, 4) is 0 Å². The van der Waals surface area contributed by atoms with Crippen molar-refractivity contribution in [2.24, 2.45) is 16.8 Å². The predicted molar refractivity (Wildman–Crippen MR) is 130 cm³/mol. The van der Waals surface area contributed by atoms with Gasteiger partial charge in [0, 0.05) is 37.3 Å². The summed E-state index contributed by atoms with van der Waals surface area (Å²) in [5.74, 6) is 3.28. The van der Waals surface area contributed by atoms with Gasteiger partial charge in [-0.2, -0.15) is 0 Å². The second kappa shape index (κ2) is 12.5. The number of carbonyl (C=O) groups excluding carboxylic acids is 1. The number of thioether (sulfide) groups is 1. The number of carbonyl (C=O) groups is 1. The number of alkyl carbamates (subject to hydrolysis) is 1. The first-order valence-electron chi connectivity index (χ1n) is 10.3. The van der Waals surface area contributed by atoms with Crippen LogP contribution in [0.3, 0.4) is 0 Å². The zero-order valence-electron chi connectivity index (χ0n) is 17.3. The van der Waals surface area contributed by atoms with E-state index in [-0.39, 0.29) is 36.1 Å². The number of rotatable bonds is 8. The summed E-state index contributed by atoms with van der Waals surface area (Å²) in [6.45, 7) is 4.97. The highest BCUT2D eigenvalue weighted by atomic mass is 127. The minimum Gasteiger partial charge on any atom is -0.450 e. The molecule has 1 saturated heterocycles. The Hall–Kier alpha value is -1.16. The van der Waals surface area contributed by atoms with Crippen molar-refractivity contribution in [3.63, 3.8) is 0 Å². The number of halogens is 1. The maximum Gasteiger partial charge on any atom is 0.407 e. The van der Waals surface area contributed by atoms with Gasteiger partial charge >= 0.3 is 6.09 Å². The smallest absolute Gasteiger partial charge is 0.407 e. The number of hydrogen-bond donors (Lipinski definition) is 2. The van der Waals surface area contributed by atoms with Gasteiger partial charge in [0.15, 0.2) is 5.96 Å². The molecule has 3 rings (SSSR count). The Labute approximate surface area is 195 Å². The highest BCUT2D eigenvalue weighted by molar-refractivity contribution is 14.0. The number of ether oxygens (including phenoxy) is 1. The molecule has 2 N–H and O–H groups in total. The first-order chi connectivity index (χ1) is 13.7. The van der Waals surface area contributed by atoms with E-state index in [9.17, 15) is 4.79 Å². The molecule has 2 fully saturated rings. The van der Waals surface area contributed by atoms with Crippen molar-refractivity contribution in [2.75, 3.05) is 39.0 Å². The number of hydrogen-bond acceptors (Lipinski definition) is 4. The molecule has 29 heavy (non-hydrogen) atoms. The second-order valence-corrected chi connectivity index (χ2v) is 8.56. The summed E-state index contributed by atoms with van der Waals surface area (Å²) in [5, 5.41) is 6.47. The number of likely N-dealkylation sites (tertiary alicyclic amines) is 1. The zero-order valence-corrected chi connectivity index (χ0v) is 20.4. The molecular weight excluding hydrogens is 499 g/mol. The van der Waals surface area contributed by atoms with E-state index in [4.69, 9.17) is 4.74 Å². The molecule has 8 heteroatoms. The lowest BCUT2D eigenvalue weighted by atomic mass is 10.2. The maximum absolute atomic E-state index is 11.8. The van der Waals surface area contributed by atoms with E-state index in [1.165, 1.54) is 24.2 Å². The van der Waals surface area contributed by atoms with Crippen molar-refractivity contribution in [1.82, 2.24) is 15.5 Å². The molecule has 1 aromatic carbocycles. The quantitative estimate of drug-likeness (QED) is 0.231. The number of nitrogens with zero attached hydrogens (tertiary/aromatic N) is 2. The van der Waals surface area contributed by atoms with Crippen LogP contribution in [0.2, 0.25) is 0 Å². The van der Waals surface area contributed by atoms with Gasteiger partial charge in [-0.05, 0) is 50.2 Å². The molecule has 1 aliphatic carbocycles. The fourth-order valence-electron chi connectivity index (χ4n) is 3.58. The molecule has 1 heterocycles. The SMILES string of the molecule is CCOC(=O)NC(CNC(=NC)N1CCC(CSc2ccccc2)C1)C1CC1.I. The second-order valence-electron chi connectivity index (χ2n) is 7.46. The van der Waals surface area contributed by atoms with Gasteiger partial charge in [0.05, 0.1) is 12.6 Å². The van der Waals surface area contributed by atoms with Crippen molar-refractivity contribution in [2.45, 2.75) is 37.1 Å². The molecule has 0 radical (unpaired) electrons. The lowest BCUT2D eigenvalue weighted by molar-refractivity contribution is 0.146. The molecule has 1 aromatic rings. The first kappa shape index (κ1) is 24.1. The average molecular weight is 532 g/mol. The Morgan fingerprint density at radius 1 is 1.31 bits per heavy atom. The summed E-state index contributed by atoms with van der Waals surface area (Å²) in [4.78, 5) is 19.9. The highest BCUT2D eigenvalue weighted by Crippen LogP contribution is 2.32. The Bertz CT molecular complexity index is 657. The van der Waals surface area contributed by atoms with Crippen molar-refractivity contribution >= 4 is 47.8 Å². The monoisotopic (exact) mass is 532 g/mol. The predicted octanol–water partition coefficient (Wildman–Crippen LogP) is 3.82. The molecule has 2 atom stereocenters. The van der Waals surface area contributed by atoms with E-state index in [2.05, 4.69) is 50.9 Å². The summed E-state index contributed by atoms with van der Waals surface area (Å²) in [5.41, 5.74) is 0. The van der Waals surface area contributed by atoms with Crippen LogP contribution in [0.15, 0.2) is 40.2 Å². The molecule has 162 valence electrons. The van der Waals surface area contributed by atoms with Crippen LogP contribution in [0.1, 0.15) is 26.2 Å². The van der Waals surface area contributed by atoms with Crippen LogP contribution >= 0.6 is 35.7 Å². The average Bonchev–Trinajstić information content (AvgIpc) is 3.45. The molecule has 2 unspecified atom stereocenters. The minimum absolute atomic E-state index is 0. The minimum atomic E-state index is -0.324. The van der Waals surface area contributed by atoms with Gasteiger partial charge < -0.3 is 20.3 Å². The molecular formula is C21H33IN4O2S. The van der Waals surface area contributed by atoms with Crippen LogP contribution in [0.4, 0.5) is 4.79 Å². The summed E-state index contributed by atoms with van der Waals surface area (Å²) in [6, 6.07) is 10.7. The molecule has 1 saturated carbocycles. The van der Waals surface area contributed by atoms with E-state index in [0.29, 0.717) is 25.0 Å². The third-order valence-corrected chi connectivity index (χ3v) is 6.52. The largest absolute Gasteiger partial charge is 0.450 e. The van der Waals surface area contributed by atoms with E-state index in [1.807, 2.05) is 25.7 Å². The summed E-state index contributed by atoms with van der Waals surface area (Å²) >= 11 is 1.93. The number of aliphatic imine (C=N–C) groups is 1.